The molecule has 0 bridgehead atoms. The van der Waals surface area contributed by atoms with Gasteiger partial charge in [0.15, 0.2) is 5.78 Å². The average Bonchev–Trinajstić information content (AvgIpc) is 2.78. The molecule has 1 aliphatic heterocycles. The SMILES string of the molecule is CCNC1COCC1C(=O)c1ccccc1C. The van der Waals surface area contributed by atoms with Crippen molar-refractivity contribution in [3.8, 4) is 0 Å². The molecule has 1 aromatic carbocycles. The molecule has 0 aromatic heterocycles. The first-order valence-corrected chi connectivity index (χ1v) is 6.15. The highest BCUT2D eigenvalue weighted by atomic mass is 16.5. The number of hydrogen-bond acceptors (Lipinski definition) is 3. The summed E-state index contributed by atoms with van der Waals surface area (Å²) >= 11 is 0. The Morgan fingerprint density at radius 3 is 2.88 bits per heavy atom. The van der Waals surface area contributed by atoms with Crippen molar-refractivity contribution in [2.45, 2.75) is 19.9 Å². The Morgan fingerprint density at radius 2 is 2.18 bits per heavy atom. The Morgan fingerprint density at radius 1 is 1.41 bits per heavy atom. The Bertz CT molecular complexity index is 403. The third-order valence-corrected chi connectivity index (χ3v) is 3.29. The smallest absolute Gasteiger partial charge is 0.170 e. The van der Waals surface area contributed by atoms with E-state index in [1.54, 1.807) is 0 Å². The molecular formula is C14H19NO2. The van der Waals surface area contributed by atoms with Gasteiger partial charge in [0.25, 0.3) is 0 Å². The third kappa shape index (κ3) is 2.56. The van der Waals surface area contributed by atoms with Crippen molar-refractivity contribution < 1.29 is 9.53 Å². The highest BCUT2D eigenvalue weighted by Crippen LogP contribution is 2.21. The summed E-state index contributed by atoms with van der Waals surface area (Å²) in [6.07, 6.45) is 0. The van der Waals surface area contributed by atoms with Crippen LogP contribution in [-0.4, -0.2) is 31.6 Å². The van der Waals surface area contributed by atoms with Crippen LogP contribution in [0.1, 0.15) is 22.8 Å². The van der Waals surface area contributed by atoms with Gasteiger partial charge in [-0.25, -0.2) is 0 Å². The number of ether oxygens (including phenoxy) is 1. The van der Waals surface area contributed by atoms with Gasteiger partial charge < -0.3 is 10.1 Å². The van der Waals surface area contributed by atoms with E-state index in [2.05, 4.69) is 5.32 Å². The number of rotatable bonds is 4. The standard InChI is InChI=1S/C14H19NO2/c1-3-15-13-9-17-8-12(13)14(16)11-7-5-4-6-10(11)2/h4-7,12-13,15H,3,8-9H2,1-2H3. The van der Waals surface area contributed by atoms with Crippen molar-refractivity contribution >= 4 is 5.78 Å². The molecule has 0 saturated carbocycles. The largest absolute Gasteiger partial charge is 0.379 e. The van der Waals surface area contributed by atoms with E-state index in [4.69, 9.17) is 4.74 Å². The molecule has 0 aliphatic carbocycles. The van der Waals surface area contributed by atoms with Gasteiger partial charge >= 0.3 is 0 Å². The number of hydrogen-bond donors (Lipinski definition) is 1. The lowest BCUT2D eigenvalue weighted by molar-refractivity contribution is 0.0891. The molecule has 1 saturated heterocycles. The van der Waals surface area contributed by atoms with Crippen LogP contribution in [0.25, 0.3) is 0 Å². The van der Waals surface area contributed by atoms with Gasteiger partial charge in [0, 0.05) is 11.6 Å². The second kappa shape index (κ2) is 5.43. The number of Topliss-reactive ketones (excluding diaryl/α,β-unsaturated/α-hetero) is 1. The van der Waals surface area contributed by atoms with Crippen molar-refractivity contribution in [2.75, 3.05) is 19.8 Å². The average molecular weight is 233 g/mol. The molecule has 1 heterocycles. The number of aryl methyl sites for hydroxylation is 1. The molecule has 1 N–H and O–H groups in total. The maximum absolute atomic E-state index is 12.4. The van der Waals surface area contributed by atoms with Crippen LogP contribution in [0, 0.1) is 12.8 Å². The summed E-state index contributed by atoms with van der Waals surface area (Å²) in [6.45, 7) is 6.06. The maximum Gasteiger partial charge on any atom is 0.170 e. The number of ketones is 1. The number of carbonyl (C=O) groups excluding carboxylic acids is 1. The molecule has 2 atom stereocenters. The molecule has 17 heavy (non-hydrogen) atoms. The number of nitrogens with one attached hydrogen (secondary N) is 1. The van der Waals surface area contributed by atoms with E-state index in [0.717, 1.165) is 17.7 Å². The minimum atomic E-state index is -0.0453. The number of carbonyl (C=O) groups is 1. The maximum atomic E-state index is 12.4. The van der Waals surface area contributed by atoms with Gasteiger partial charge in [-0.15, -0.1) is 0 Å². The lowest BCUT2D eigenvalue weighted by Crippen LogP contribution is -2.39. The van der Waals surface area contributed by atoms with E-state index in [-0.39, 0.29) is 17.7 Å². The summed E-state index contributed by atoms with van der Waals surface area (Å²) in [6, 6.07) is 7.91. The topological polar surface area (TPSA) is 38.3 Å². The Labute approximate surface area is 102 Å². The second-order valence-electron chi connectivity index (χ2n) is 4.49. The van der Waals surface area contributed by atoms with Crippen LogP contribution in [0.2, 0.25) is 0 Å². The van der Waals surface area contributed by atoms with E-state index >= 15 is 0 Å². The quantitative estimate of drug-likeness (QED) is 0.806. The number of likely N-dealkylation sites (N-methyl/N-ethyl adjacent to an activating group) is 1. The van der Waals surface area contributed by atoms with Crippen LogP contribution in [0.5, 0.6) is 0 Å². The molecule has 0 spiro atoms. The fourth-order valence-corrected chi connectivity index (χ4v) is 2.33. The van der Waals surface area contributed by atoms with Gasteiger partial charge in [0.1, 0.15) is 0 Å². The van der Waals surface area contributed by atoms with Crippen LogP contribution in [0.15, 0.2) is 24.3 Å². The lowest BCUT2D eigenvalue weighted by atomic mass is 9.91. The molecule has 92 valence electrons. The van der Waals surface area contributed by atoms with Gasteiger partial charge in [-0.05, 0) is 19.0 Å². The fourth-order valence-electron chi connectivity index (χ4n) is 2.33. The zero-order valence-electron chi connectivity index (χ0n) is 10.4. The summed E-state index contributed by atoms with van der Waals surface area (Å²) < 4.78 is 5.42. The lowest BCUT2D eigenvalue weighted by Gasteiger charge is -2.17. The van der Waals surface area contributed by atoms with Crippen LogP contribution in [-0.2, 0) is 4.74 Å². The summed E-state index contributed by atoms with van der Waals surface area (Å²) in [4.78, 5) is 12.4. The molecule has 1 aromatic rings. The van der Waals surface area contributed by atoms with Crippen molar-refractivity contribution in [3.05, 3.63) is 35.4 Å². The minimum absolute atomic E-state index is 0.0453. The zero-order valence-corrected chi connectivity index (χ0v) is 10.4. The van der Waals surface area contributed by atoms with Gasteiger partial charge in [-0.3, -0.25) is 4.79 Å². The first-order valence-electron chi connectivity index (χ1n) is 6.15. The molecule has 3 heteroatoms. The summed E-state index contributed by atoms with van der Waals surface area (Å²) in [7, 11) is 0. The van der Waals surface area contributed by atoms with Crippen molar-refractivity contribution in [2.24, 2.45) is 5.92 Å². The van der Waals surface area contributed by atoms with Crippen LogP contribution >= 0.6 is 0 Å². The van der Waals surface area contributed by atoms with Gasteiger partial charge in [0.2, 0.25) is 0 Å². The highest BCUT2D eigenvalue weighted by molar-refractivity contribution is 5.99. The molecule has 1 fully saturated rings. The summed E-state index contributed by atoms with van der Waals surface area (Å²) in [5, 5.41) is 3.32. The number of benzene rings is 1. The normalized spacial score (nSPS) is 23.9. The molecular weight excluding hydrogens is 214 g/mol. The van der Waals surface area contributed by atoms with Gasteiger partial charge in [0.05, 0.1) is 19.1 Å². The van der Waals surface area contributed by atoms with Crippen LogP contribution in [0.3, 0.4) is 0 Å². The third-order valence-electron chi connectivity index (χ3n) is 3.29. The first-order chi connectivity index (χ1) is 8.24. The molecule has 0 amide bonds. The second-order valence-corrected chi connectivity index (χ2v) is 4.49. The Balaban J connectivity index is 2.17. The molecule has 0 radical (unpaired) electrons. The summed E-state index contributed by atoms with van der Waals surface area (Å²) in [5.74, 6) is 0.155. The summed E-state index contributed by atoms with van der Waals surface area (Å²) in [5.41, 5.74) is 1.87. The van der Waals surface area contributed by atoms with E-state index in [0.29, 0.717) is 13.2 Å². The minimum Gasteiger partial charge on any atom is -0.379 e. The van der Waals surface area contributed by atoms with Crippen molar-refractivity contribution in [1.29, 1.82) is 0 Å². The van der Waals surface area contributed by atoms with E-state index in [1.807, 2.05) is 38.1 Å². The van der Waals surface area contributed by atoms with E-state index in [9.17, 15) is 4.79 Å². The van der Waals surface area contributed by atoms with E-state index in [1.165, 1.54) is 0 Å². The molecule has 1 aliphatic rings. The first kappa shape index (κ1) is 12.3. The molecule has 2 rings (SSSR count). The molecule has 3 nitrogen and oxygen atoms in total. The predicted molar refractivity (Wildman–Crippen MR) is 67.3 cm³/mol. The Kier molecular flexibility index (Phi) is 3.92. The van der Waals surface area contributed by atoms with Crippen molar-refractivity contribution in [3.63, 3.8) is 0 Å². The van der Waals surface area contributed by atoms with Crippen molar-refractivity contribution in [1.82, 2.24) is 5.32 Å². The van der Waals surface area contributed by atoms with E-state index < -0.39 is 0 Å². The Hall–Kier alpha value is -1.19. The highest BCUT2D eigenvalue weighted by Gasteiger charge is 2.34. The van der Waals surface area contributed by atoms with Crippen LogP contribution < -0.4 is 5.32 Å². The monoisotopic (exact) mass is 233 g/mol. The predicted octanol–water partition coefficient (Wildman–Crippen LogP) is 1.80. The van der Waals surface area contributed by atoms with Gasteiger partial charge in [-0.2, -0.15) is 0 Å². The fraction of sp³-hybridized carbons (Fsp3) is 0.500. The molecule has 2 unspecified atom stereocenters. The van der Waals surface area contributed by atoms with Crippen LogP contribution in [0.4, 0.5) is 0 Å². The van der Waals surface area contributed by atoms with Gasteiger partial charge in [-0.1, -0.05) is 31.2 Å². The zero-order chi connectivity index (χ0) is 12.3.